The molecule has 1 aromatic rings. The van der Waals surface area contributed by atoms with Gasteiger partial charge in [0.25, 0.3) is 0 Å². The predicted molar refractivity (Wildman–Crippen MR) is 68.1 cm³/mol. The topological polar surface area (TPSA) is 29.3 Å². The van der Waals surface area contributed by atoms with Crippen LogP contribution in [0.25, 0.3) is 0 Å². The van der Waals surface area contributed by atoms with Gasteiger partial charge in [0.1, 0.15) is 0 Å². The molecule has 1 fully saturated rings. The number of hydrogen-bond donors (Lipinski definition) is 1. The van der Waals surface area contributed by atoms with E-state index < -0.39 is 0 Å². The Balaban J connectivity index is 2.24. The molecule has 1 aliphatic rings. The lowest BCUT2D eigenvalue weighted by atomic mass is 10.2. The third-order valence-electron chi connectivity index (χ3n) is 2.34. The fourth-order valence-electron chi connectivity index (χ4n) is 1.59. The van der Waals surface area contributed by atoms with Gasteiger partial charge >= 0.3 is 0 Å². The number of benzene rings is 1. The lowest BCUT2D eigenvalue weighted by Crippen LogP contribution is -2.32. The van der Waals surface area contributed by atoms with Crippen LogP contribution in [0.3, 0.4) is 0 Å². The molecule has 4 heteroatoms. The van der Waals surface area contributed by atoms with Gasteiger partial charge in [-0.25, -0.2) is 0 Å². The van der Waals surface area contributed by atoms with Crippen molar-refractivity contribution in [3.63, 3.8) is 0 Å². The van der Waals surface area contributed by atoms with Crippen LogP contribution < -0.4 is 10.6 Å². The molecule has 1 aliphatic heterocycles. The Hall–Kier alpha value is -0.350. The maximum Gasteiger partial charge on any atom is 0.0611 e. The van der Waals surface area contributed by atoms with E-state index in [2.05, 4.69) is 26.9 Å². The van der Waals surface area contributed by atoms with Crippen LogP contribution in [0, 0.1) is 0 Å². The van der Waals surface area contributed by atoms with Gasteiger partial charge in [-0.2, -0.15) is 11.8 Å². The first-order valence-electron chi connectivity index (χ1n) is 4.65. The van der Waals surface area contributed by atoms with E-state index in [0.29, 0.717) is 0 Å². The third-order valence-corrected chi connectivity index (χ3v) is 3.78. The first-order valence-corrected chi connectivity index (χ1v) is 6.60. The van der Waals surface area contributed by atoms with Crippen molar-refractivity contribution in [1.29, 1.82) is 0 Å². The Labute approximate surface area is 97.0 Å². The highest BCUT2D eigenvalue weighted by Gasteiger charge is 2.13. The van der Waals surface area contributed by atoms with E-state index in [4.69, 9.17) is 5.73 Å². The Morgan fingerprint density at radius 3 is 2.71 bits per heavy atom. The van der Waals surface area contributed by atoms with Crippen LogP contribution in [-0.4, -0.2) is 24.6 Å². The lowest BCUT2D eigenvalue weighted by Gasteiger charge is -2.29. The maximum absolute atomic E-state index is 5.95. The van der Waals surface area contributed by atoms with Gasteiger partial charge in [0.15, 0.2) is 0 Å². The summed E-state index contributed by atoms with van der Waals surface area (Å²) in [5.41, 5.74) is 7.99. The van der Waals surface area contributed by atoms with Crippen LogP contribution in [0.5, 0.6) is 0 Å². The lowest BCUT2D eigenvalue weighted by molar-refractivity contribution is 0.860. The number of nitrogen functional groups attached to an aromatic ring is 1. The second-order valence-corrected chi connectivity index (χ2v) is 5.44. The van der Waals surface area contributed by atoms with Crippen LogP contribution in [-0.2, 0) is 0 Å². The summed E-state index contributed by atoms with van der Waals surface area (Å²) in [5, 5.41) is 0. The van der Waals surface area contributed by atoms with Crippen molar-refractivity contribution >= 4 is 39.1 Å². The number of thioether (sulfide) groups is 1. The third kappa shape index (κ3) is 2.17. The summed E-state index contributed by atoms with van der Waals surface area (Å²) in [5.74, 6) is 2.40. The quantitative estimate of drug-likeness (QED) is 0.797. The molecule has 0 spiro atoms. The van der Waals surface area contributed by atoms with Gasteiger partial charge in [-0.3, -0.25) is 0 Å². The largest absolute Gasteiger partial charge is 0.397 e. The number of nitrogens with two attached hydrogens (primary N) is 1. The number of nitrogens with zero attached hydrogens (tertiary/aromatic N) is 1. The molecule has 14 heavy (non-hydrogen) atoms. The summed E-state index contributed by atoms with van der Waals surface area (Å²) in [6.07, 6.45) is 0. The van der Waals surface area contributed by atoms with Crippen molar-refractivity contribution < 1.29 is 0 Å². The van der Waals surface area contributed by atoms with Crippen molar-refractivity contribution in [2.75, 3.05) is 35.2 Å². The van der Waals surface area contributed by atoms with Gasteiger partial charge < -0.3 is 10.6 Å². The molecule has 2 N–H and O–H groups in total. The average molecular weight is 273 g/mol. The Bertz CT molecular complexity index is 324. The monoisotopic (exact) mass is 272 g/mol. The average Bonchev–Trinajstić information content (AvgIpc) is 2.23. The highest BCUT2D eigenvalue weighted by Crippen LogP contribution is 2.28. The molecule has 0 radical (unpaired) electrons. The van der Waals surface area contributed by atoms with Crippen molar-refractivity contribution in [3.8, 4) is 0 Å². The number of hydrogen-bond acceptors (Lipinski definition) is 3. The Kier molecular flexibility index (Phi) is 3.23. The molecule has 0 amide bonds. The van der Waals surface area contributed by atoms with Crippen LogP contribution in [0.15, 0.2) is 22.7 Å². The zero-order valence-corrected chi connectivity index (χ0v) is 10.3. The summed E-state index contributed by atoms with van der Waals surface area (Å²) in [6, 6.07) is 6.05. The normalized spacial score (nSPS) is 17.1. The van der Waals surface area contributed by atoms with E-state index in [9.17, 15) is 0 Å². The van der Waals surface area contributed by atoms with E-state index in [1.807, 2.05) is 23.9 Å². The van der Waals surface area contributed by atoms with E-state index in [1.165, 1.54) is 17.2 Å². The molecule has 76 valence electrons. The molecule has 1 saturated heterocycles. The van der Waals surface area contributed by atoms with Crippen molar-refractivity contribution in [2.45, 2.75) is 0 Å². The molecule has 0 unspecified atom stereocenters. The van der Waals surface area contributed by atoms with Crippen molar-refractivity contribution in [3.05, 3.63) is 22.7 Å². The molecule has 1 heterocycles. The molecule has 1 aromatic carbocycles. The first-order chi connectivity index (χ1) is 6.77. The second kappa shape index (κ2) is 4.45. The summed E-state index contributed by atoms with van der Waals surface area (Å²) in [4.78, 5) is 2.36. The smallest absolute Gasteiger partial charge is 0.0611 e. The van der Waals surface area contributed by atoms with Crippen molar-refractivity contribution in [1.82, 2.24) is 0 Å². The molecule has 0 aliphatic carbocycles. The van der Waals surface area contributed by atoms with Gasteiger partial charge in [-0.15, -0.1) is 0 Å². The zero-order chi connectivity index (χ0) is 9.97. The highest BCUT2D eigenvalue weighted by atomic mass is 79.9. The Morgan fingerprint density at radius 2 is 2.00 bits per heavy atom. The van der Waals surface area contributed by atoms with E-state index in [1.54, 1.807) is 0 Å². The van der Waals surface area contributed by atoms with Crippen LogP contribution in [0.1, 0.15) is 0 Å². The van der Waals surface area contributed by atoms with Crippen LogP contribution in [0.2, 0.25) is 0 Å². The standard InChI is InChI=1S/C10H13BrN2S/c11-8-1-2-9(12)10(7-8)13-3-5-14-6-4-13/h1-2,7H,3-6,12H2. The van der Waals surface area contributed by atoms with E-state index >= 15 is 0 Å². The molecule has 0 atom stereocenters. The molecule has 0 saturated carbocycles. The molecule has 2 rings (SSSR count). The fraction of sp³-hybridized carbons (Fsp3) is 0.400. The van der Waals surface area contributed by atoms with Gasteiger partial charge in [0, 0.05) is 29.1 Å². The summed E-state index contributed by atoms with van der Waals surface area (Å²) in [6.45, 7) is 2.20. The van der Waals surface area contributed by atoms with E-state index in [0.717, 1.165) is 23.2 Å². The minimum absolute atomic E-state index is 0.875. The van der Waals surface area contributed by atoms with Crippen molar-refractivity contribution in [2.24, 2.45) is 0 Å². The second-order valence-electron chi connectivity index (χ2n) is 3.30. The summed E-state index contributed by atoms with van der Waals surface area (Å²) >= 11 is 5.48. The Morgan fingerprint density at radius 1 is 1.29 bits per heavy atom. The number of rotatable bonds is 1. The van der Waals surface area contributed by atoms with E-state index in [-0.39, 0.29) is 0 Å². The summed E-state index contributed by atoms with van der Waals surface area (Å²) in [7, 11) is 0. The molecule has 2 nitrogen and oxygen atoms in total. The maximum atomic E-state index is 5.95. The van der Waals surface area contributed by atoms with Gasteiger partial charge in [-0.05, 0) is 18.2 Å². The first kappa shape index (κ1) is 10.2. The zero-order valence-electron chi connectivity index (χ0n) is 7.87. The van der Waals surface area contributed by atoms with Crippen LogP contribution in [0.4, 0.5) is 11.4 Å². The summed E-state index contributed by atoms with van der Waals surface area (Å²) < 4.78 is 1.10. The number of anilines is 2. The minimum Gasteiger partial charge on any atom is -0.397 e. The van der Waals surface area contributed by atoms with Gasteiger partial charge in [0.2, 0.25) is 0 Å². The van der Waals surface area contributed by atoms with Crippen LogP contribution >= 0.6 is 27.7 Å². The fourth-order valence-corrected chi connectivity index (χ4v) is 2.85. The highest BCUT2D eigenvalue weighted by molar-refractivity contribution is 9.10. The molecule has 0 bridgehead atoms. The van der Waals surface area contributed by atoms with Gasteiger partial charge in [-0.1, -0.05) is 15.9 Å². The SMILES string of the molecule is Nc1ccc(Br)cc1N1CCSCC1. The molecular weight excluding hydrogens is 260 g/mol. The van der Waals surface area contributed by atoms with Gasteiger partial charge in [0.05, 0.1) is 11.4 Å². The number of halogens is 1. The predicted octanol–water partition coefficient (Wildman–Crippen LogP) is 2.58. The molecular formula is C10H13BrN2S. The minimum atomic E-state index is 0.875. The molecule has 0 aromatic heterocycles.